The van der Waals surface area contributed by atoms with Crippen molar-refractivity contribution in [1.29, 1.82) is 0 Å². The van der Waals surface area contributed by atoms with Gasteiger partial charge in [-0.25, -0.2) is 13.2 Å². The molecule has 0 amide bonds. The van der Waals surface area contributed by atoms with E-state index in [0.717, 1.165) is 24.3 Å². The van der Waals surface area contributed by atoms with Crippen LogP contribution in [0.5, 0.6) is 5.75 Å². The summed E-state index contributed by atoms with van der Waals surface area (Å²) < 4.78 is 68.9. The van der Waals surface area contributed by atoms with Crippen molar-refractivity contribution in [1.82, 2.24) is 0 Å². The first-order valence-corrected chi connectivity index (χ1v) is 9.14. The number of halogens is 3. The Morgan fingerprint density at radius 3 is 2.48 bits per heavy atom. The number of ether oxygens (including phenoxy) is 1. The summed E-state index contributed by atoms with van der Waals surface area (Å²) in [6, 6.07) is 3.26. The lowest BCUT2D eigenvalue weighted by Crippen LogP contribution is -2.40. The molecule has 1 aliphatic rings. The standard InChI is InChI=1S/C18H15F3O5S/c1-3-5-11(4-2)10-27(24,25)13-6-7-15-12(8-13)9-14(17(22)23)16(26-15)18(19,20)21/h3-9,16H,1-2,10H2,(H,22,23)/b11-5+. The van der Waals surface area contributed by atoms with Gasteiger partial charge >= 0.3 is 12.1 Å². The van der Waals surface area contributed by atoms with Crippen LogP contribution in [0, 0.1) is 0 Å². The van der Waals surface area contributed by atoms with E-state index in [1.54, 1.807) is 0 Å². The van der Waals surface area contributed by atoms with Crippen molar-refractivity contribution in [3.8, 4) is 5.75 Å². The van der Waals surface area contributed by atoms with E-state index < -0.39 is 39.4 Å². The highest BCUT2D eigenvalue weighted by Crippen LogP contribution is 2.38. The number of allylic oxidation sites excluding steroid dienone is 3. The molecule has 9 heteroatoms. The fourth-order valence-corrected chi connectivity index (χ4v) is 3.82. The molecule has 0 aromatic heterocycles. The van der Waals surface area contributed by atoms with Gasteiger partial charge in [0.2, 0.25) is 6.10 Å². The lowest BCUT2D eigenvalue weighted by Gasteiger charge is -2.27. The third kappa shape index (κ3) is 4.48. The maximum atomic E-state index is 13.0. The SMILES string of the molecule is C=C/C=C(\C=C)CS(=O)(=O)c1ccc2c(c1)C=C(C(=O)O)C(C(F)(F)F)O2. The third-order valence-corrected chi connectivity index (χ3v) is 5.36. The summed E-state index contributed by atoms with van der Waals surface area (Å²) in [5.74, 6) is -2.46. The lowest BCUT2D eigenvalue weighted by atomic mass is 10.0. The molecule has 0 radical (unpaired) electrons. The number of rotatable bonds is 6. The number of fused-ring (bicyclic) bond motifs is 1. The summed E-state index contributed by atoms with van der Waals surface area (Å²) in [4.78, 5) is 11.0. The van der Waals surface area contributed by atoms with Gasteiger partial charge in [-0.05, 0) is 29.8 Å². The molecule has 27 heavy (non-hydrogen) atoms. The first-order valence-electron chi connectivity index (χ1n) is 7.48. The van der Waals surface area contributed by atoms with Crippen molar-refractivity contribution in [3.05, 3.63) is 66.3 Å². The molecule has 1 aromatic carbocycles. The minimum Gasteiger partial charge on any atom is -0.478 e. The number of carboxylic acids is 1. The number of alkyl halides is 3. The Balaban J connectivity index is 2.49. The number of carbonyl (C=O) groups is 1. The smallest absolute Gasteiger partial charge is 0.430 e. The average molecular weight is 400 g/mol. The fourth-order valence-electron chi connectivity index (χ4n) is 2.42. The van der Waals surface area contributed by atoms with Crippen LogP contribution in [-0.4, -0.2) is 37.5 Å². The number of hydrogen-bond donors (Lipinski definition) is 1. The monoisotopic (exact) mass is 400 g/mol. The average Bonchev–Trinajstić information content (AvgIpc) is 2.58. The fraction of sp³-hybridized carbons (Fsp3) is 0.167. The molecular formula is C18H15F3O5S. The van der Waals surface area contributed by atoms with Gasteiger partial charge in [-0.15, -0.1) is 0 Å². The summed E-state index contributed by atoms with van der Waals surface area (Å²) >= 11 is 0. The van der Waals surface area contributed by atoms with Crippen LogP contribution in [0.1, 0.15) is 5.56 Å². The van der Waals surface area contributed by atoms with Crippen LogP contribution in [0.3, 0.4) is 0 Å². The molecule has 0 fully saturated rings. The Labute approximate surface area is 153 Å². The van der Waals surface area contributed by atoms with Gasteiger partial charge in [0.05, 0.1) is 16.2 Å². The second kappa shape index (κ2) is 7.43. The highest BCUT2D eigenvalue weighted by Gasteiger charge is 2.48. The van der Waals surface area contributed by atoms with Crippen molar-refractivity contribution in [2.75, 3.05) is 5.75 Å². The lowest BCUT2D eigenvalue weighted by molar-refractivity contribution is -0.187. The van der Waals surface area contributed by atoms with Crippen LogP contribution in [0.15, 0.2) is 65.6 Å². The van der Waals surface area contributed by atoms with Crippen molar-refractivity contribution in [2.24, 2.45) is 0 Å². The first kappa shape index (κ1) is 20.5. The van der Waals surface area contributed by atoms with Gasteiger partial charge in [0.1, 0.15) is 5.75 Å². The van der Waals surface area contributed by atoms with Crippen LogP contribution in [-0.2, 0) is 14.6 Å². The predicted octanol–water partition coefficient (Wildman–Crippen LogP) is 3.55. The highest BCUT2D eigenvalue weighted by atomic mass is 32.2. The van der Waals surface area contributed by atoms with Crippen LogP contribution >= 0.6 is 0 Å². The maximum Gasteiger partial charge on any atom is 0.430 e. The molecule has 5 nitrogen and oxygen atoms in total. The molecule has 1 N–H and O–H groups in total. The molecule has 1 aliphatic heterocycles. The van der Waals surface area contributed by atoms with Gasteiger partial charge in [0.25, 0.3) is 0 Å². The van der Waals surface area contributed by atoms with E-state index in [1.165, 1.54) is 18.2 Å². The molecule has 1 aromatic rings. The molecule has 0 saturated carbocycles. The number of hydrogen-bond acceptors (Lipinski definition) is 4. The molecule has 2 rings (SSSR count). The Kier molecular flexibility index (Phi) is 5.65. The summed E-state index contributed by atoms with van der Waals surface area (Å²) in [5.41, 5.74) is -0.720. The molecule has 0 saturated heterocycles. The Morgan fingerprint density at radius 2 is 1.96 bits per heavy atom. The Morgan fingerprint density at radius 1 is 1.30 bits per heavy atom. The topological polar surface area (TPSA) is 80.7 Å². The van der Waals surface area contributed by atoms with Gasteiger partial charge in [-0.1, -0.05) is 31.4 Å². The van der Waals surface area contributed by atoms with Crippen LogP contribution in [0.25, 0.3) is 6.08 Å². The number of aliphatic carboxylic acids is 1. The zero-order valence-corrected chi connectivity index (χ0v) is 14.7. The summed E-state index contributed by atoms with van der Waals surface area (Å²) in [6.45, 7) is 6.98. The molecule has 144 valence electrons. The zero-order valence-electron chi connectivity index (χ0n) is 13.9. The van der Waals surface area contributed by atoms with Crippen LogP contribution in [0.2, 0.25) is 0 Å². The van der Waals surface area contributed by atoms with E-state index in [4.69, 9.17) is 9.84 Å². The normalized spacial score (nSPS) is 17.4. The summed E-state index contributed by atoms with van der Waals surface area (Å²) in [7, 11) is -3.85. The van der Waals surface area contributed by atoms with Gasteiger partial charge < -0.3 is 9.84 Å². The molecule has 0 bridgehead atoms. The molecule has 1 atom stereocenters. The van der Waals surface area contributed by atoms with Crippen molar-refractivity contribution >= 4 is 21.9 Å². The van der Waals surface area contributed by atoms with E-state index in [1.807, 2.05) is 0 Å². The van der Waals surface area contributed by atoms with Gasteiger partial charge in [0, 0.05) is 5.56 Å². The molecule has 1 unspecified atom stereocenters. The molecule has 1 heterocycles. The molecule has 0 aliphatic carbocycles. The van der Waals surface area contributed by atoms with Crippen LogP contribution in [0.4, 0.5) is 13.2 Å². The van der Waals surface area contributed by atoms with Crippen molar-refractivity contribution in [3.63, 3.8) is 0 Å². The van der Waals surface area contributed by atoms with Crippen molar-refractivity contribution in [2.45, 2.75) is 17.2 Å². The first-order chi connectivity index (χ1) is 12.5. The number of sulfone groups is 1. The highest BCUT2D eigenvalue weighted by molar-refractivity contribution is 7.91. The third-order valence-electron chi connectivity index (χ3n) is 3.67. The minimum absolute atomic E-state index is 0.0678. The van der Waals surface area contributed by atoms with Gasteiger partial charge in [-0.3, -0.25) is 0 Å². The predicted molar refractivity (Wildman–Crippen MR) is 93.1 cm³/mol. The van der Waals surface area contributed by atoms with Crippen molar-refractivity contribution < 1.29 is 36.2 Å². The second-order valence-corrected chi connectivity index (χ2v) is 7.57. The van der Waals surface area contributed by atoms with E-state index >= 15 is 0 Å². The van der Waals surface area contributed by atoms with Crippen LogP contribution < -0.4 is 4.74 Å². The van der Waals surface area contributed by atoms with Gasteiger partial charge in [0.15, 0.2) is 9.84 Å². The minimum atomic E-state index is -4.93. The zero-order chi connectivity index (χ0) is 20.4. The Bertz CT molecular complexity index is 956. The van der Waals surface area contributed by atoms with Gasteiger partial charge in [-0.2, -0.15) is 13.2 Å². The van der Waals surface area contributed by atoms with E-state index in [9.17, 15) is 26.4 Å². The number of benzene rings is 1. The van der Waals surface area contributed by atoms with E-state index in [-0.39, 0.29) is 16.2 Å². The van der Waals surface area contributed by atoms with E-state index in [2.05, 4.69) is 13.2 Å². The molecular weight excluding hydrogens is 385 g/mol. The largest absolute Gasteiger partial charge is 0.478 e. The number of carboxylic acid groups (broad SMARTS) is 1. The quantitative estimate of drug-likeness (QED) is 0.739. The summed E-state index contributed by atoms with van der Waals surface area (Å²) in [6.07, 6.45) is -2.59. The second-order valence-electron chi connectivity index (χ2n) is 5.58. The maximum absolute atomic E-state index is 13.0. The Hall–Kier alpha value is -2.81. The summed E-state index contributed by atoms with van der Waals surface area (Å²) in [5, 5.41) is 9.04. The molecule has 0 spiro atoms. The van der Waals surface area contributed by atoms with E-state index in [0.29, 0.717) is 5.57 Å².